The molecule has 0 spiro atoms. The molecular weight excluding hydrogens is 1370 g/mol. The number of hydrogen-bond acceptors (Lipinski definition) is 22. The number of carbonyl (C=O) groups is 11. The Kier molecular flexibility index (Phi) is 26.8. The van der Waals surface area contributed by atoms with Crippen molar-refractivity contribution in [2.24, 2.45) is 11.7 Å². The van der Waals surface area contributed by atoms with E-state index in [1.165, 1.54) is 42.6 Å². The van der Waals surface area contributed by atoms with Crippen LogP contribution in [0.4, 0.5) is 30.3 Å². The SMILES string of the molecule is Cc1c(F)cc2nc3c(c4c2c1CC[C@H]4NC(=O)c1cccc(N)n1)Cn1c-3cc2c(c1=O)COC(=O)[C@]2(C)OC(=O)N(C)CCN(C)C(=O)OCc1ccc(NC(=O)[C@H](CCCNC(N)=O)NC(=O)[C@@H](NC(=O)CCOCCOCCOCCOCCNC(=O)CCN2C(=O)C=CC2=O)C(C)C)cc1. The largest absolute Gasteiger partial charge is 0.457 e. The van der Waals surface area contributed by atoms with Crippen molar-refractivity contribution in [1.82, 2.24) is 55.8 Å². The quantitative estimate of drug-likeness (QED) is 0.0121. The van der Waals surface area contributed by atoms with Crippen molar-refractivity contribution >= 4 is 87.9 Å². The highest BCUT2D eigenvalue weighted by atomic mass is 19.1. The molecule has 0 fully saturated rings. The van der Waals surface area contributed by atoms with E-state index < -0.39 is 107 Å². The molecule has 562 valence electrons. The molecule has 0 radical (unpaired) electrons. The van der Waals surface area contributed by atoms with Crippen LogP contribution in [0.1, 0.15) is 108 Å². The molecule has 9 rings (SSSR count). The molecule has 4 atom stereocenters. The summed E-state index contributed by atoms with van der Waals surface area (Å²) in [7, 11) is 2.83. The first-order valence-corrected chi connectivity index (χ1v) is 34.3. The Hall–Kier alpha value is -11.0. The lowest BCUT2D eigenvalue weighted by Crippen LogP contribution is -2.54. The summed E-state index contributed by atoms with van der Waals surface area (Å²) in [4.78, 5) is 169. The van der Waals surface area contributed by atoms with Crippen molar-refractivity contribution in [3.63, 3.8) is 0 Å². The zero-order valence-electron chi connectivity index (χ0n) is 59.2. The fraction of sp³-hybridized carbons (Fsp3) is 0.465. The Bertz CT molecular complexity index is 4210. The number of nitrogens with one attached hydrogen (secondary N) is 6. The van der Waals surface area contributed by atoms with Gasteiger partial charge in [0, 0.05) is 100 Å². The third-order valence-corrected chi connectivity index (χ3v) is 18.1. The number of rotatable bonds is 36. The van der Waals surface area contributed by atoms with Crippen LogP contribution in [-0.2, 0) is 98.5 Å². The number of anilines is 2. The number of nitrogens with two attached hydrogens (primary N) is 2. The Morgan fingerprint density at radius 1 is 0.771 bits per heavy atom. The van der Waals surface area contributed by atoms with Crippen LogP contribution < -0.4 is 48.9 Å². The van der Waals surface area contributed by atoms with Gasteiger partial charge >= 0.3 is 24.2 Å². The summed E-state index contributed by atoms with van der Waals surface area (Å²) in [5.74, 6) is -5.10. The smallest absolute Gasteiger partial charge is 0.411 e. The van der Waals surface area contributed by atoms with Gasteiger partial charge in [-0.3, -0.25) is 43.3 Å². The summed E-state index contributed by atoms with van der Waals surface area (Å²) in [5, 5.41) is 17.1. The normalized spacial score (nSPS) is 15.9. The van der Waals surface area contributed by atoms with Crippen molar-refractivity contribution in [2.45, 2.75) is 110 Å². The molecule has 5 aromatic rings. The lowest BCUT2D eigenvalue weighted by molar-refractivity contribution is -0.170. The number of carbonyl (C=O) groups excluding carboxylic acids is 11. The third kappa shape index (κ3) is 19.9. The molecule has 0 unspecified atom stereocenters. The van der Waals surface area contributed by atoms with Gasteiger partial charge in [0.15, 0.2) is 0 Å². The number of ether oxygens (including phenoxy) is 7. The molecule has 2 aromatic carbocycles. The van der Waals surface area contributed by atoms with E-state index in [-0.39, 0.29) is 159 Å². The monoisotopic (exact) mass is 1460 g/mol. The summed E-state index contributed by atoms with van der Waals surface area (Å²) >= 11 is 0. The summed E-state index contributed by atoms with van der Waals surface area (Å²) < 4.78 is 56.0. The van der Waals surface area contributed by atoms with Crippen LogP contribution in [0.2, 0.25) is 0 Å². The minimum Gasteiger partial charge on any atom is -0.457 e. The van der Waals surface area contributed by atoms with E-state index in [4.69, 9.17) is 49.6 Å². The number of esters is 1. The molecule has 105 heavy (non-hydrogen) atoms. The second-order valence-electron chi connectivity index (χ2n) is 25.8. The van der Waals surface area contributed by atoms with E-state index in [2.05, 4.69) is 36.9 Å². The molecule has 33 nitrogen and oxygen atoms in total. The minimum absolute atomic E-state index is 0.00159. The predicted molar refractivity (Wildman–Crippen MR) is 373 cm³/mol. The van der Waals surface area contributed by atoms with Crippen LogP contribution >= 0.6 is 0 Å². The second-order valence-corrected chi connectivity index (χ2v) is 25.8. The molecule has 10 N–H and O–H groups in total. The molecule has 11 amide bonds. The average molecular weight is 1460 g/mol. The molecule has 34 heteroatoms. The van der Waals surface area contributed by atoms with Gasteiger partial charge in [-0.1, -0.05) is 32.0 Å². The van der Waals surface area contributed by atoms with Gasteiger partial charge in [-0.25, -0.2) is 33.5 Å². The number of cyclic esters (lactones) is 1. The lowest BCUT2D eigenvalue weighted by Gasteiger charge is -2.34. The van der Waals surface area contributed by atoms with Gasteiger partial charge in [0.1, 0.15) is 42.6 Å². The number of imide groups is 1. The van der Waals surface area contributed by atoms with E-state index >= 15 is 4.39 Å². The number of aromatic nitrogens is 3. The average Bonchev–Trinajstić information content (AvgIpc) is 1.60. The number of aryl methyl sites for hydroxylation is 1. The molecule has 1 aliphatic carbocycles. The number of urea groups is 1. The van der Waals surface area contributed by atoms with Gasteiger partial charge < -0.3 is 90.9 Å². The Balaban J connectivity index is 0.701. The van der Waals surface area contributed by atoms with Crippen LogP contribution in [-0.4, -0.2) is 207 Å². The first-order chi connectivity index (χ1) is 50.2. The summed E-state index contributed by atoms with van der Waals surface area (Å²) in [6.07, 6.45) is 1.57. The molecule has 0 saturated carbocycles. The van der Waals surface area contributed by atoms with Crippen LogP contribution in [0, 0.1) is 18.7 Å². The van der Waals surface area contributed by atoms with Gasteiger partial charge in [-0.2, -0.15) is 0 Å². The Morgan fingerprint density at radius 2 is 1.44 bits per heavy atom. The molecule has 0 bridgehead atoms. The van der Waals surface area contributed by atoms with Gasteiger partial charge in [0.2, 0.25) is 29.2 Å². The topological polar surface area (TPSA) is 434 Å². The Morgan fingerprint density at radius 3 is 2.10 bits per heavy atom. The van der Waals surface area contributed by atoms with Gasteiger partial charge in [-0.15, -0.1) is 0 Å². The van der Waals surface area contributed by atoms with Crippen molar-refractivity contribution in [3.8, 4) is 11.4 Å². The molecular formula is C71H87FN14O19. The first kappa shape index (κ1) is 78.2. The number of nitrogen functional groups attached to an aromatic ring is 1. The maximum absolute atomic E-state index is 15.6. The number of benzene rings is 2. The summed E-state index contributed by atoms with van der Waals surface area (Å²) in [6, 6.07) is 10.3. The van der Waals surface area contributed by atoms with E-state index in [9.17, 15) is 57.5 Å². The van der Waals surface area contributed by atoms with Crippen molar-refractivity contribution in [3.05, 3.63) is 128 Å². The fourth-order valence-corrected chi connectivity index (χ4v) is 12.2. The van der Waals surface area contributed by atoms with Crippen molar-refractivity contribution < 1.29 is 90.3 Å². The molecule has 4 aliphatic rings. The van der Waals surface area contributed by atoms with E-state index in [0.717, 1.165) is 27.5 Å². The lowest BCUT2D eigenvalue weighted by atomic mass is 9.81. The first-order valence-electron chi connectivity index (χ1n) is 34.3. The second kappa shape index (κ2) is 36.0. The van der Waals surface area contributed by atoms with Crippen molar-refractivity contribution in [2.75, 3.05) is 111 Å². The van der Waals surface area contributed by atoms with Crippen LogP contribution in [0.3, 0.4) is 0 Å². The highest BCUT2D eigenvalue weighted by molar-refractivity contribution is 6.13. The Labute approximate surface area is 602 Å². The minimum atomic E-state index is -2.15. The standard InChI is InChI=1S/C71H87FN14O19/c1-40(2)61(82-56(88)21-27-99-29-31-101-33-34-102-32-30-100-28-23-75-55(87)20-24-85-57(89)18-19-58(85)90)65(93)81-51(10-8-22-76-68(74)96)63(91)77-43-14-12-42(13-15-43)38-104-69(97)83(5)25-26-84(6)70(98)105-71(4)47-35-53-62-45(37-86(53)66(94)46(47)39-103-67(71)95)60-49(80-64(92)50-9-7-11-54(73)78-50)17-16-44-41(3)48(72)36-52(79-62)59(44)60/h7,9,11-15,18-19,35-36,40,49,51,61H,8,10,16-17,20-34,37-39H2,1-6H3,(H2,73,78)(H,75,87)(H,77,91)(H,80,92)(H,81,93)(H,82,88)(H3,74,76,96)/t49-,51+,61+,71-/m1/s1. The molecule has 3 aliphatic heterocycles. The molecule has 3 aromatic heterocycles. The number of likely N-dealkylation sites (N-methyl/N-ethyl adjacent to an activating group) is 2. The van der Waals surface area contributed by atoms with Gasteiger partial charge in [0.05, 0.1) is 87.9 Å². The predicted octanol–water partition coefficient (Wildman–Crippen LogP) is 2.78. The van der Waals surface area contributed by atoms with Gasteiger partial charge in [0.25, 0.3) is 23.3 Å². The molecule has 0 saturated heterocycles. The van der Waals surface area contributed by atoms with Crippen LogP contribution in [0.15, 0.2) is 71.5 Å². The highest BCUT2D eigenvalue weighted by Crippen LogP contribution is 2.46. The third-order valence-electron chi connectivity index (χ3n) is 18.1. The van der Waals surface area contributed by atoms with Crippen LogP contribution in [0.25, 0.3) is 22.3 Å². The summed E-state index contributed by atoms with van der Waals surface area (Å²) in [6.45, 7) is 7.77. The number of hydrogen-bond donors (Lipinski definition) is 8. The number of primary amides is 1. The summed E-state index contributed by atoms with van der Waals surface area (Å²) in [5.41, 5.74) is 12.8. The highest BCUT2D eigenvalue weighted by Gasteiger charge is 2.49. The molecule has 6 heterocycles. The van der Waals surface area contributed by atoms with Crippen molar-refractivity contribution in [1.29, 1.82) is 0 Å². The van der Waals surface area contributed by atoms with Gasteiger partial charge in [-0.05, 0) is 98.0 Å². The zero-order valence-corrected chi connectivity index (χ0v) is 59.2. The fourth-order valence-electron chi connectivity index (χ4n) is 12.2. The van der Waals surface area contributed by atoms with E-state index in [1.807, 2.05) is 0 Å². The number of halogens is 1. The number of pyridine rings is 3. The number of fused-ring (bicyclic) bond motifs is 5. The van der Waals surface area contributed by atoms with E-state index in [1.54, 1.807) is 63.2 Å². The maximum Gasteiger partial charge on any atom is 0.411 e. The zero-order chi connectivity index (χ0) is 75.6. The van der Waals surface area contributed by atoms with Crippen LogP contribution in [0.5, 0.6) is 0 Å². The number of amides is 11. The number of nitrogens with zero attached hydrogens (tertiary/aromatic N) is 6. The maximum atomic E-state index is 15.6. The van der Waals surface area contributed by atoms with E-state index in [0.29, 0.717) is 57.4 Å².